The SMILES string of the molecule is CN=Cc1ccc(Cl)cc1N. The molecule has 2 nitrogen and oxygen atoms in total. The average Bonchev–Trinajstić information content (AvgIpc) is 1.95. The maximum Gasteiger partial charge on any atom is 0.0426 e. The van der Waals surface area contributed by atoms with Crippen LogP contribution in [0.1, 0.15) is 5.56 Å². The van der Waals surface area contributed by atoms with E-state index in [4.69, 9.17) is 17.3 Å². The van der Waals surface area contributed by atoms with Crippen molar-refractivity contribution < 1.29 is 0 Å². The summed E-state index contributed by atoms with van der Waals surface area (Å²) in [6.07, 6.45) is 1.70. The van der Waals surface area contributed by atoms with E-state index in [9.17, 15) is 0 Å². The van der Waals surface area contributed by atoms with Gasteiger partial charge in [0.25, 0.3) is 0 Å². The van der Waals surface area contributed by atoms with Gasteiger partial charge in [-0.1, -0.05) is 11.6 Å². The smallest absolute Gasteiger partial charge is 0.0426 e. The van der Waals surface area contributed by atoms with Gasteiger partial charge in [-0.15, -0.1) is 0 Å². The number of rotatable bonds is 1. The fourth-order valence-corrected chi connectivity index (χ4v) is 0.983. The maximum absolute atomic E-state index is 5.69. The lowest BCUT2D eigenvalue weighted by Gasteiger charge is -1.98. The second-order valence-electron chi connectivity index (χ2n) is 2.16. The van der Waals surface area contributed by atoms with Gasteiger partial charge in [-0.3, -0.25) is 4.99 Å². The number of halogens is 1. The molecule has 2 N–H and O–H groups in total. The van der Waals surface area contributed by atoms with Crippen molar-refractivity contribution in [3.8, 4) is 0 Å². The van der Waals surface area contributed by atoms with Crippen LogP contribution in [0.3, 0.4) is 0 Å². The Morgan fingerprint density at radius 3 is 2.82 bits per heavy atom. The Bertz CT molecular complexity index is 281. The van der Waals surface area contributed by atoms with Gasteiger partial charge in [0.05, 0.1) is 0 Å². The van der Waals surface area contributed by atoms with Crippen molar-refractivity contribution in [3.63, 3.8) is 0 Å². The van der Waals surface area contributed by atoms with E-state index < -0.39 is 0 Å². The van der Waals surface area contributed by atoms with Crippen LogP contribution in [0, 0.1) is 0 Å². The standard InChI is InChI=1S/C8H9ClN2/c1-11-5-6-2-3-7(9)4-8(6)10/h2-5H,10H2,1H3. The van der Waals surface area contributed by atoms with Crippen LogP contribution in [0.2, 0.25) is 5.02 Å². The Labute approximate surface area is 70.7 Å². The molecule has 11 heavy (non-hydrogen) atoms. The predicted molar refractivity (Wildman–Crippen MR) is 49.4 cm³/mol. The summed E-state index contributed by atoms with van der Waals surface area (Å²) in [6, 6.07) is 5.33. The van der Waals surface area contributed by atoms with Crippen LogP contribution >= 0.6 is 11.6 Å². The van der Waals surface area contributed by atoms with Crippen molar-refractivity contribution in [2.75, 3.05) is 12.8 Å². The van der Waals surface area contributed by atoms with Crippen molar-refractivity contribution in [2.24, 2.45) is 4.99 Å². The number of aliphatic imine (C=N–C) groups is 1. The molecule has 0 aliphatic heterocycles. The van der Waals surface area contributed by atoms with Gasteiger partial charge < -0.3 is 5.73 Å². The Balaban J connectivity index is 3.09. The fraction of sp³-hybridized carbons (Fsp3) is 0.125. The number of benzene rings is 1. The van der Waals surface area contributed by atoms with E-state index in [0.717, 1.165) is 5.56 Å². The van der Waals surface area contributed by atoms with Gasteiger partial charge in [0.2, 0.25) is 0 Å². The number of nitrogens with two attached hydrogens (primary N) is 1. The number of anilines is 1. The van der Waals surface area contributed by atoms with Gasteiger partial charge in [0.15, 0.2) is 0 Å². The van der Waals surface area contributed by atoms with E-state index in [1.165, 1.54) is 0 Å². The molecule has 0 saturated carbocycles. The molecule has 0 atom stereocenters. The third-order valence-electron chi connectivity index (χ3n) is 1.32. The Hall–Kier alpha value is -1.02. The van der Waals surface area contributed by atoms with Crippen LogP contribution in [0.25, 0.3) is 0 Å². The highest BCUT2D eigenvalue weighted by molar-refractivity contribution is 6.31. The van der Waals surface area contributed by atoms with Crippen molar-refractivity contribution in [1.29, 1.82) is 0 Å². The third-order valence-corrected chi connectivity index (χ3v) is 1.55. The monoisotopic (exact) mass is 168 g/mol. The highest BCUT2D eigenvalue weighted by Gasteiger charge is 1.94. The molecule has 0 fully saturated rings. The van der Waals surface area contributed by atoms with Gasteiger partial charge in [0.1, 0.15) is 0 Å². The minimum atomic E-state index is 0.649. The van der Waals surface area contributed by atoms with E-state index in [-0.39, 0.29) is 0 Å². The normalized spacial score (nSPS) is 10.7. The number of hydrogen-bond acceptors (Lipinski definition) is 2. The number of nitrogen functional groups attached to an aromatic ring is 1. The molecule has 0 radical (unpaired) electrons. The third kappa shape index (κ3) is 1.95. The van der Waals surface area contributed by atoms with Gasteiger partial charge in [-0.25, -0.2) is 0 Å². The lowest BCUT2D eigenvalue weighted by molar-refractivity contribution is 1.46. The number of nitrogens with zero attached hydrogens (tertiary/aromatic N) is 1. The minimum Gasteiger partial charge on any atom is -0.398 e. The summed E-state index contributed by atoms with van der Waals surface area (Å²) < 4.78 is 0. The molecule has 0 spiro atoms. The highest BCUT2D eigenvalue weighted by atomic mass is 35.5. The van der Waals surface area contributed by atoms with Crippen LogP contribution in [0.4, 0.5) is 5.69 Å². The molecule has 0 heterocycles. The summed E-state index contributed by atoms with van der Waals surface area (Å²) in [6.45, 7) is 0. The number of hydrogen-bond donors (Lipinski definition) is 1. The van der Waals surface area contributed by atoms with E-state index >= 15 is 0 Å². The van der Waals surface area contributed by atoms with Gasteiger partial charge >= 0.3 is 0 Å². The maximum atomic E-state index is 5.69. The van der Waals surface area contributed by atoms with Gasteiger partial charge in [-0.05, 0) is 18.2 Å². The van der Waals surface area contributed by atoms with Crippen molar-refractivity contribution in [3.05, 3.63) is 28.8 Å². The molecule has 0 aromatic heterocycles. The van der Waals surface area contributed by atoms with E-state index in [1.54, 1.807) is 25.4 Å². The minimum absolute atomic E-state index is 0.649. The van der Waals surface area contributed by atoms with Crippen LogP contribution in [-0.4, -0.2) is 13.3 Å². The largest absolute Gasteiger partial charge is 0.398 e. The first-order valence-electron chi connectivity index (χ1n) is 3.21. The molecule has 0 unspecified atom stereocenters. The second kappa shape index (κ2) is 3.39. The molecule has 1 aromatic carbocycles. The summed E-state index contributed by atoms with van der Waals surface area (Å²) in [5.74, 6) is 0. The Kier molecular flexibility index (Phi) is 2.49. The van der Waals surface area contributed by atoms with Crippen molar-refractivity contribution in [2.45, 2.75) is 0 Å². The van der Waals surface area contributed by atoms with Crippen LogP contribution < -0.4 is 5.73 Å². The molecular formula is C8H9ClN2. The molecule has 0 bridgehead atoms. The summed E-state index contributed by atoms with van der Waals surface area (Å²) >= 11 is 5.69. The van der Waals surface area contributed by atoms with Crippen molar-refractivity contribution >= 4 is 23.5 Å². The zero-order valence-electron chi connectivity index (χ0n) is 6.21. The average molecular weight is 169 g/mol. The lowest BCUT2D eigenvalue weighted by atomic mass is 10.2. The second-order valence-corrected chi connectivity index (χ2v) is 2.60. The molecular weight excluding hydrogens is 160 g/mol. The summed E-state index contributed by atoms with van der Waals surface area (Å²) in [7, 11) is 1.70. The quantitative estimate of drug-likeness (QED) is 0.506. The summed E-state index contributed by atoms with van der Waals surface area (Å²) in [5.41, 5.74) is 7.19. The molecule has 58 valence electrons. The Morgan fingerprint density at radius 1 is 1.55 bits per heavy atom. The molecule has 0 saturated heterocycles. The predicted octanol–water partition coefficient (Wildman–Crippen LogP) is 1.97. The Morgan fingerprint density at radius 2 is 2.27 bits per heavy atom. The van der Waals surface area contributed by atoms with Crippen LogP contribution in [-0.2, 0) is 0 Å². The lowest BCUT2D eigenvalue weighted by Crippen LogP contribution is -1.92. The first-order chi connectivity index (χ1) is 5.24. The molecule has 1 aromatic rings. The molecule has 3 heteroatoms. The van der Waals surface area contributed by atoms with Gasteiger partial charge in [0, 0.05) is 29.5 Å². The van der Waals surface area contributed by atoms with Crippen LogP contribution in [0.5, 0.6) is 0 Å². The molecule has 1 rings (SSSR count). The van der Waals surface area contributed by atoms with E-state index in [1.807, 2.05) is 6.07 Å². The zero-order valence-corrected chi connectivity index (χ0v) is 6.97. The highest BCUT2D eigenvalue weighted by Crippen LogP contribution is 2.15. The summed E-state index contributed by atoms with van der Waals surface area (Å²) in [5, 5.41) is 0.649. The van der Waals surface area contributed by atoms with E-state index in [2.05, 4.69) is 4.99 Å². The first kappa shape index (κ1) is 8.08. The summed E-state index contributed by atoms with van der Waals surface area (Å²) in [4.78, 5) is 3.85. The zero-order chi connectivity index (χ0) is 8.27. The van der Waals surface area contributed by atoms with Crippen molar-refractivity contribution in [1.82, 2.24) is 0 Å². The first-order valence-corrected chi connectivity index (χ1v) is 3.59. The molecule has 0 aliphatic carbocycles. The van der Waals surface area contributed by atoms with E-state index in [0.29, 0.717) is 10.7 Å². The molecule has 0 aliphatic rings. The fourth-order valence-electron chi connectivity index (χ4n) is 0.802. The van der Waals surface area contributed by atoms with Gasteiger partial charge in [-0.2, -0.15) is 0 Å². The van der Waals surface area contributed by atoms with Crippen LogP contribution in [0.15, 0.2) is 23.2 Å². The topological polar surface area (TPSA) is 38.4 Å². The molecule has 0 amide bonds.